The molecule has 0 radical (unpaired) electrons. The molecule has 86 valence electrons. The van der Waals surface area contributed by atoms with Gasteiger partial charge in [-0.05, 0) is 11.1 Å². The zero-order valence-corrected chi connectivity index (χ0v) is 10.3. The molecule has 1 unspecified atom stereocenters. The molecular weight excluding hydrogens is 242 g/mol. The molecule has 1 aliphatic heterocycles. The van der Waals surface area contributed by atoms with Crippen molar-refractivity contribution in [2.75, 3.05) is 0 Å². The first-order chi connectivity index (χ1) is 8.90. The number of aromatic nitrogens is 1. The SMILES string of the molecule is N#CSC1C(c2ccccc2)=Nc2cccc[n+]21. The van der Waals surface area contributed by atoms with E-state index in [0.717, 1.165) is 17.1 Å². The minimum atomic E-state index is -0.0615. The van der Waals surface area contributed by atoms with Gasteiger partial charge in [0.15, 0.2) is 0 Å². The number of aliphatic imine (C=N–C) groups is 1. The lowest BCUT2D eigenvalue weighted by molar-refractivity contribution is -0.666. The zero-order chi connectivity index (χ0) is 12.4. The Labute approximate surface area is 109 Å². The van der Waals surface area contributed by atoms with E-state index in [9.17, 15) is 0 Å². The summed E-state index contributed by atoms with van der Waals surface area (Å²) in [6.07, 6.45) is 1.96. The first-order valence-electron chi connectivity index (χ1n) is 5.59. The molecule has 18 heavy (non-hydrogen) atoms. The first kappa shape index (κ1) is 11.0. The number of pyridine rings is 1. The molecule has 1 atom stereocenters. The monoisotopic (exact) mass is 252 g/mol. The third kappa shape index (κ3) is 1.79. The number of benzene rings is 1. The summed E-state index contributed by atoms with van der Waals surface area (Å²) in [4.78, 5) is 4.63. The van der Waals surface area contributed by atoms with E-state index < -0.39 is 0 Å². The summed E-state index contributed by atoms with van der Waals surface area (Å²) in [6, 6.07) is 15.9. The van der Waals surface area contributed by atoms with E-state index in [4.69, 9.17) is 5.26 Å². The van der Waals surface area contributed by atoms with Crippen LogP contribution in [0.5, 0.6) is 0 Å². The number of rotatable bonds is 2. The Kier molecular flexibility index (Phi) is 2.83. The summed E-state index contributed by atoms with van der Waals surface area (Å²) in [5, 5.41) is 11.1. The van der Waals surface area contributed by atoms with E-state index in [1.54, 1.807) is 0 Å². The fourth-order valence-electron chi connectivity index (χ4n) is 2.03. The van der Waals surface area contributed by atoms with Crippen molar-refractivity contribution in [2.24, 2.45) is 4.99 Å². The highest BCUT2D eigenvalue weighted by Gasteiger charge is 2.36. The van der Waals surface area contributed by atoms with Gasteiger partial charge in [0.25, 0.3) is 0 Å². The van der Waals surface area contributed by atoms with Gasteiger partial charge in [-0.2, -0.15) is 5.26 Å². The van der Waals surface area contributed by atoms with E-state index >= 15 is 0 Å². The van der Waals surface area contributed by atoms with Gasteiger partial charge in [0, 0.05) is 23.4 Å². The summed E-state index contributed by atoms with van der Waals surface area (Å²) >= 11 is 1.22. The van der Waals surface area contributed by atoms with Gasteiger partial charge in [0.1, 0.15) is 5.40 Å². The molecule has 0 spiro atoms. The molecule has 0 aliphatic carbocycles. The Bertz CT molecular complexity index is 644. The fraction of sp³-hybridized carbons (Fsp3) is 0.0714. The third-order valence-corrected chi connectivity index (χ3v) is 3.60. The van der Waals surface area contributed by atoms with Gasteiger partial charge in [-0.15, -0.1) is 0 Å². The van der Waals surface area contributed by atoms with Crippen molar-refractivity contribution in [3.8, 4) is 5.40 Å². The smallest absolute Gasteiger partial charge is 0.210 e. The largest absolute Gasteiger partial charge is 0.324 e. The second-order valence-corrected chi connectivity index (χ2v) is 4.76. The number of nitrogens with zero attached hydrogens (tertiary/aromatic N) is 3. The predicted molar refractivity (Wildman–Crippen MR) is 71.5 cm³/mol. The maximum absolute atomic E-state index is 8.96. The Morgan fingerprint density at radius 1 is 1.11 bits per heavy atom. The standard InChI is InChI=1S/C14H10N3S/c15-10-18-14-13(11-6-2-1-3-7-11)16-12-8-4-5-9-17(12)14/h1-9,14H/q+1. The van der Waals surface area contributed by atoms with E-state index in [1.165, 1.54) is 11.8 Å². The minimum Gasteiger partial charge on any atom is -0.210 e. The number of hydrogen-bond acceptors (Lipinski definition) is 3. The molecule has 1 aromatic heterocycles. The highest BCUT2D eigenvalue weighted by Crippen LogP contribution is 2.30. The number of thiocyanates is 1. The van der Waals surface area contributed by atoms with Crippen LogP contribution in [0.4, 0.5) is 5.82 Å². The fourth-order valence-corrected chi connectivity index (χ4v) is 2.72. The van der Waals surface area contributed by atoms with Crippen LogP contribution in [-0.4, -0.2) is 5.71 Å². The zero-order valence-electron chi connectivity index (χ0n) is 9.52. The summed E-state index contributed by atoms with van der Waals surface area (Å²) in [6.45, 7) is 0. The van der Waals surface area contributed by atoms with Crippen molar-refractivity contribution in [3.05, 3.63) is 60.3 Å². The van der Waals surface area contributed by atoms with E-state index in [0.29, 0.717) is 0 Å². The molecule has 0 amide bonds. The third-order valence-electron chi connectivity index (χ3n) is 2.82. The maximum Gasteiger partial charge on any atom is 0.324 e. The van der Waals surface area contributed by atoms with Gasteiger partial charge in [-0.25, -0.2) is 4.57 Å². The molecule has 0 fully saturated rings. The molecule has 0 saturated heterocycles. The van der Waals surface area contributed by atoms with Gasteiger partial charge >= 0.3 is 5.82 Å². The summed E-state index contributed by atoms with van der Waals surface area (Å²) in [5.41, 5.74) is 2.00. The van der Waals surface area contributed by atoms with Crippen LogP contribution < -0.4 is 4.57 Å². The lowest BCUT2D eigenvalue weighted by Gasteiger charge is -2.05. The number of thioether (sulfide) groups is 1. The predicted octanol–water partition coefficient (Wildman–Crippen LogP) is 2.82. The summed E-state index contributed by atoms with van der Waals surface area (Å²) < 4.78 is 2.02. The topological polar surface area (TPSA) is 40.0 Å². The lowest BCUT2D eigenvalue weighted by atomic mass is 10.1. The van der Waals surface area contributed by atoms with Crippen LogP contribution in [0.2, 0.25) is 0 Å². The van der Waals surface area contributed by atoms with Crippen molar-refractivity contribution in [1.82, 2.24) is 0 Å². The van der Waals surface area contributed by atoms with Gasteiger partial charge in [-0.1, -0.05) is 36.4 Å². The molecule has 3 rings (SSSR count). The quantitative estimate of drug-likeness (QED) is 0.609. The van der Waals surface area contributed by atoms with E-state index in [-0.39, 0.29) is 5.37 Å². The molecule has 2 aromatic rings. The van der Waals surface area contributed by atoms with Gasteiger partial charge in [0.2, 0.25) is 11.1 Å². The molecule has 2 heterocycles. The van der Waals surface area contributed by atoms with Gasteiger partial charge in [-0.3, -0.25) is 0 Å². The molecule has 1 aliphatic rings. The van der Waals surface area contributed by atoms with Gasteiger partial charge < -0.3 is 0 Å². The molecule has 3 nitrogen and oxygen atoms in total. The average Bonchev–Trinajstić information content (AvgIpc) is 2.80. The number of fused-ring (bicyclic) bond motifs is 1. The lowest BCUT2D eigenvalue weighted by Crippen LogP contribution is -2.37. The van der Waals surface area contributed by atoms with Crippen LogP contribution in [0.3, 0.4) is 0 Å². The Morgan fingerprint density at radius 3 is 2.67 bits per heavy atom. The van der Waals surface area contributed by atoms with E-state index in [2.05, 4.69) is 10.4 Å². The maximum atomic E-state index is 8.96. The Hall–Kier alpha value is -2.12. The van der Waals surface area contributed by atoms with Crippen LogP contribution in [0.1, 0.15) is 10.9 Å². The summed E-state index contributed by atoms with van der Waals surface area (Å²) in [7, 11) is 0. The van der Waals surface area contributed by atoms with Crippen molar-refractivity contribution >= 4 is 23.3 Å². The molecule has 0 bridgehead atoms. The van der Waals surface area contributed by atoms with Crippen LogP contribution in [0.25, 0.3) is 0 Å². The van der Waals surface area contributed by atoms with Crippen LogP contribution >= 0.6 is 11.8 Å². The first-order valence-corrected chi connectivity index (χ1v) is 6.47. The Morgan fingerprint density at radius 2 is 1.89 bits per heavy atom. The molecule has 1 aromatic carbocycles. The second kappa shape index (κ2) is 4.63. The molecule has 4 heteroatoms. The highest BCUT2D eigenvalue weighted by atomic mass is 32.2. The van der Waals surface area contributed by atoms with Gasteiger partial charge in [0.05, 0.1) is 6.20 Å². The second-order valence-electron chi connectivity index (χ2n) is 3.89. The average molecular weight is 252 g/mol. The van der Waals surface area contributed by atoms with Crippen LogP contribution in [0.15, 0.2) is 59.7 Å². The Balaban J connectivity index is 2.09. The van der Waals surface area contributed by atoms with Crippen molar-refractivity contribution in [3.63, 3.8) is 0 Å². The highest BCUT2D eigenvalue weighted by molar-refractivity contribution is 8.04. The molecule has 0 N–H and O–H groups in total. The number of hydrogen-bond donors (Lipinski definition) is 0. The minimum absolute atomic E-state index is 0.0615. The van der Waals surface area contributed by atoms with Crippen LogP contribution in [-0.2, 0) is 0 Å². The van der Waals surface area contributed by atoms with Crippen molar-refractivity contribution in [1.29, 1.82) is 5.26 Å². The van der Waals surface area contributed by atoms with E-state index in [1.807, 2.05) is 59.3 Å². The number of nitriles is 1. The van der Waals surface area contributed by atoms with Crippen molar-refractivity contribution in [2.45, 2.75) is 5.37 Å². The summed E-state index contributed by atoms with van der Waals surface area (Å²) in [5.74, 6) is 0.893. The normalized spacial score (nSPS) is 16.8. The van der Waals surface area contributed by atoms with Crippen LogP contribution in [0, 0.1) is 10.7 Å². The molecule has 0 saturated carbocycles. The molecular formula is C14H10N3S+. The van der Waals surface area contributed by atoms with Crippen molar-refractivity contribution < 1.29 is 4.57 Å².